The lowest BCUT2D eigenvalue weighted by Gasteiger charge is -2.15. The van der Waals surface area contributed by atoms with E-state index in [0.29, 0.717) is 11.4 Å². The zero-order valence-corrected chi connectivity index (χ0v) is 17.2. The van der Waals surface area contributed by atoms with Gasteiger partial charge in [-0.3, -0.25) is 0 Å². The Morgan fingerprint density at radius 3 is 2.41 bits per heavy atom. The summed E-state index contributed by atoms with van der Waals surface area (Å²) in [5, 5.41) is 3.92. The summed E-state index contributed by atoms with van der Waals surface area (Å²) in [6.45, 7) is 0.00200. The van der Waals surface area contributed by atoms with Crippen molar-refractivity contribution in [3.63, 3.8) is 0 Å². The molecule has 3 aromatic rings. The van der Waals surface area contributed by atoms with Crippen LogP contribution in [-0.2, 0) is 22.3 Å². The summed E-state index contributed by atoms with van der Waals surface area (Å²) >= 11 is 3.33. The molecule has 0 aliphatic heterocycles. The van der Waals surface area contributed by atoms with E-state index in [4.69, 9.17) is 9.26 Å². The first-order valence-corrected chi connectivity index (χ1v) is 10.4. The van der Waals surface area contributed by atoms with Crippen molar-refractivity contribution in [2.45, 2.75) is 12.3 Å². The maximum Gasteiger partial charge on any atom is 0.242 e. The topological polar surface area (TPSA) is 85.5 Å². The number of sulfonamides is 1. The number of nitrogens with zero attached hydrogens (tertiary/aromatic N) is 3. The van der Waals surface area contributed by atoms with Gasteiger partial charge in [-0.2, -0.15) is 9.29 Å². The van der Waals surface area contributed by atoms with Gasteiger partial charge in [-0.25, -0.2) is 8.42 Å². The fourth-order valence-corrected chi connectivity index (χ4v) is 3.77. The maximum atomic E-state index is 12.5. The van der Waals surface area contributed by atoms with Gasteiger partial charge in [0.25, 0.3) is 0 Å². The lowest BCUT2D eigenvalue weighted by atomic mass is 10.2. The van der Waals surface area contributed by atoms with Crippen molar-refractivity contribution in [3.05, 3.63) is 64.5 Å². The van der Waals surface area contributed by atoms with E-state index in [1.165, 1.54) is 11.4 Å². The van der Waals surface area contributed by atoms with E-state index in [2.05, 4.69) is 26.1 Å². The standard InChI is InChI=1S/C18H18BrN3O4S/c1-22(27(23,24)12-13-3-7-15(19)8-4-13)11-17-20-18(21-26-17)14-5-9-16(25-2)10-6-14/h3-10H,11-12H2,1-2H3. The summed E-state index contributed by atoms with van der Waals surface area (Å²) in [4.78, 5) is 4.28. The predicted octanol–water partition coefficient (Wildman–Crippen LogP) is 3.47. The van der Waals surface area contributed by atoms with Crippen molar-refractivity contribution in [1.29, 1.82) is 0 Å². The molecule has 142 valence electrons. The third kappa shape index (κ3) is 4.94. The fourth-order valence-electron chi connectivity index (χ4n) is 2.37. The van der Waals surface area contributed by atoms with Crippen molar-refractivity contribution >= 4 is 26.0 Å². The minimum Gasteiger partial charge on any atom is -0.497 e. The zero-order chi connectivity index (χ0) is 19.4. The molecule has 7 nitrogen and oxygen atoms in total. The van der Waals surface area contributed by atoms with Crippen LogP contribution in [0.4, 0.5) is 0 Å². The molecule has 0 unspecified atom stereocenters. The molecule has 9 heteroatoms. The van der Waals surface area contributed by atoms with Gasteiger partial charge in [-0.15, -0.1) is 0 Å². The Hall–Kier alpha value is -2.23. The normalized spacial score (nSPS) is 11.7. The highest BCUT2D eigenvalue weighted by Crippen LogP contribution is 2.21. The Balaban J connectivity index is 1.69. The molecule has 0 aliphatic rings. The summed E-state index contributed by atoms with van der Waals surface area (Å²) in [7, 11) is -0.434. The Morgan fingerprint density at radius 1 is 1.11 bits per heavy atom. The molecular formula is C18H18BrN3O4S. The molecule has 0 amide bonds. The number of rotatable bonds is 7. The summed E-state index contributed by atoms with van der Waals surface area (Å²) in [6, 6.07) is 14.4. The van der Waals surface area contributed by atoms with E-state index >= 15 is 0 Å². The first kappa shape index (κ1) is 19.5. The molecule has 0 aliphatic carbocycles. The van der Waals surface area contributed by atoms with Gasteiger partial charge >= 0.3 is 0 Å². The van der Waals surface area contributed by atoms with Gasteiger partial charge in [0.15, 0.2) is 0 Å². The van der Waals surface area contributed by atoms with Crippen molar-refractivity contribution in [2.75, 3.05) is 14.2 Å². The molecule has 1 aromatic heterocycles. The second-order valence-electron chi connectivity index (χ2n) is 5.88. The SMILES string of the molecule is COc1ccc(-c2noc(CN(C)S(=O)(=O)Cc3ccc(Br)cc3)n2)cc1. The van der Waals surface area contributed by atoms with Gasteiger partial charge in [0.2, 0.25) is 21.7 Å². The zero-order valence-electron chi connectivity index (χ0n) is 14.8. The number of aromatic nitrogens is 2. The molecule has 0 radical (unpaired) electrons. The molecular weight excluding hydrogens is 434 g/mol. The highest BCUT2D eigenvalue weighted by Gasteiger charge is 2.21. The smallest absolute Gasteiger partial charge is 0.242 e. The molecule has 0 bridgehead atoms. The number of methoxy groups -OCH3 is 1. The molecule has 0 N–H and O–H groups in total. The van der Waals surface area contributed by atoms with Crippen LogP contribution < -0.4 is 4.74 Å². The predicted molar refractivity (Wildman–Crippen MR) is 105 cm³/mol. The van der Waals surface area contributed by atoms with E-state index in [9.17, 15) is 8.42 Å². The van der Waals surface area contributed by atoms with Gasteiger partial charge in [0, 0.05) is 17.1 Å². The second kappa shape index (κ2) is 8.20. The number of benzene rings is 2. The van der Waals surface area contributed by atoms with Gasteiger partial charge in [0.05, 0.1) is 19.4 Å². The van der Waals surface area contributed by atoms with Crippen molar-refractivity contribution in [1.82, 2.24) is 14.4 Å². The lowest BCUT2D eigenvalue weighted by molar-refractivity contribution is 0.336. The van der Waals surface area contributed by atoms with Crippen molar-refractivity contribution in [3.8, 4) is 17.1 Å². The molecule has 0 fully saturated rings. The van der Waals surface area contributed by atoms with E-state index in [1.54, 1.807) is 31.4 Å². The molecule has 0 atom stereocenters. The Morgan fingerprint density at radius 2 is 1.78 bits per heavy atom. The van der Waals surface area contributed by atoms with Crippen LogP contribution in [0.25, 0.3) is 11.4 Å². The number of hydrogen-bond acceptors (Lipinski definition) is 6. The van der Waals surface area contributed by atoms with Crippen LogP contribution >= 0.6 is 15.9 Å². The van der Waals surface area contributed by atoms with E-state index in [0.717, 1.165) is 15.8 Å². The Labute approximate surface area is 166 Å². The van der Waals surface area contributed by atoms with E-state index in [-0.39, 0.29) is 18.2 Å². The lowest BCUT2D eigenvalue weighted by Crippen LogP contribution is -2.27. The third-order valence-electron chi connectivity index (χ3n) is 3.91. The first-order chi connectivity index (χ1) is 12.9. The second-order valence-corrected chi connectivity index (χ2v) is 8.87. The van der Waals surface area contributed by atoms with Crippen LogP contribution in [0.15, 0.2) is 57.5 Å². The number of halogens is 1. The van der Waals surface area contributed by atoms with Crippen molar-refractivity contribution < 1.29 is 17.7 Å². The highest BCUT2D eigenvalue weighted by atomic mass is 79.9. The van der Waals surface area contributed by atoms with Gasteiger partial charge in [-0.05, 0) is 42.0 Å². The molecule has 27 heavy (non-hydrogen) atoms. The van der Waals surface area contributed by atoms with Crippen LogP contribution in [0.3, 0.4) is 0 Å². The average molecular weight is 452 g/mol. The Bertz CT molecular complexity index is 1000. The van der Waals surface area contributed by atoms with Crippen LogP contribution in [-0.4, -0.2) is 37.0 Å². The van der Waals surface area contributed by atoms with E-state index < -0.39 is 10.0 Å². The van der Waals surface area contributed by atoms with E-state index in [1.807, 2.05) is 24.3 Å². The minimum atomic E-state index is -3.52. The summed E-state index contributed by atoms with van der Waals surface area (Å²) in [6.07, 6.45) is 0. The van der Waals surface area contributed by atoms with Crippen molar-refractivity contribution in [2.24, 2.45) is 0 Å². The van der Waals surface area contributed by atoms with Crippen LogP contribution in [0.1, 0.15) is 11.5 Å². The third-order valence-corrected chi connectivity index (χ3v) is 6.22. The van der Waals surface area contributed by atoms with Crippen LogP contribution in [0.5, 0.6) is 5.75 Å². The maximum absolute atomic E-state index is 12.5. The molecule has 1 heterocycles. The minimum absolute atomic E-state index is 0.00200. The summed E-state index contributed by atoms with van der Waals surface area (Å²) in [5.41, 5.74) is 1.46. The summed E-state index contributed by atoms with van der Waals surface area (Å²) < 4.78 is 37.5. The Kier molecular flexibility index (Phi) is 5.93. The largest absolute Gasteiger partial charge is 0.497 e. The van der Waals surface area contributed by atoms with Crippen LogP contribution in [0, 0.1) is 0 Å². The number of ether oxygens (including phenoxy) is 1. The molecule has 0 saturated carbocycles. The first-order valence-electron chi connectivity index (χ1n) is 8.03. The van der Waals surface area contributed by atoms with Gasteiger partial charge < -0.3 is 9.26 Å². The molecule has 0 spiro atoms. The van der Waals surface area contributed by atoms with Gasteiger partial charge in [-0.1, -0.05) is 33.2 Å². The monoisotopic (exact) mass is 451 g/mol. The number of hydrogen-bond donors (Lipinski definition) is 0. The molecule has 2 aromatic carbocycles. The highest BCUT2D eigenvalue weighted by molar-refractivity contribution is 9.10. The quantitative estimate of drug-likeness (QED) is 0.546. The summed E-state index contributed by atoms with van der Waals surface area (Å²) in [5.74, 6) is 1.24. The molecule has 3 rings (SSSR count). The van der Waals surface area contributed by atoms with Crippen LogP contribution in [0.2, 0.25) is 0 Å². The molecule has 0 saturated heterocycles. The van der Waals surface area contributed by atoms with Gasteiger partial charge in [0.1, 0.15) is 5.75 Å². The fraction of sp³-hybridized carbons (Fsp3) is 0.222. The average Bonchev–Trinajstić information content (AvgIpc) is 3.12.